The van der Waals surface area contributed by atoms with Crippen molar-refractivity contribution < 1.29 is 19.0 Å². The van der Waals surface area contributed by atoms with Crippen LogP contribution in [0, 0.1) is 5.92 Å². The van der Waals surface area contributed by atoms with Crippen LogP contribution in [0.25, 0.3) is 10.9 Å². The van der Waals surface area contributed by atoms with Crippen LogP contribution in [0.4, 0.5) is 0 Å². The summed E-state index contributed by atoms with van der Waals surface area (Å²) >= 11 is 0. The molecule has 2 aromatic heterocycles. The molecule has 11 nitrogen and oxygen atoms in total. The smallest absolute Gasteiger partial charge is 0.309 e. The Labute approximate surface area is 208 Å². The fourth-order valence-electron chi connectivity index (χ4n) is 4.91. The van der Waals surface area contributed by atoms with Gasteiger partial charge in [0.1, 0.15) is 6.04 Å². The molecule has 2 aliphatic rings. The van der Waals surface area contributed by atoms with Crippen LogP contribution in [0.5, 0.6) is 11.5 Å². The normalized spacial score (nSPS) is 17.4. The van der Waals surface area contributed by atoms with E-state index in [0.29, 0.717) is 60.9 Å². The highest BCUT2D eigenvalue weighted by Gasteiger charge is 2.37. The molecule has 0 unspecified atom stereocenters. The maximum Gasteiger partial charge on any atom is 0.309 e. The summed E-state index contributed by atoms with van der Waals surface area (Å²) in [6, 6.07) is 5.05. The lowest BCUT2D eigenvalue weighted by Gasteiger charge is -2.37. The molecule has 0 amide bonds. The van der Waals surface area contributed by atoms with Gasteiger partial charge in [0, 0.05) is 30.1 Å². The SMILES string of the molecule is CCOC(=O)C1CCN([C@H](c2cc3cc4c(cc3[nH]c2=O)OCO4)c2nnnn2C(C)(C)CC)CC1. The number of pyridine rings is 1. The molecule has 36 heavy (non-hydrogen) atoms. The van der Waals surface area contributed by atoms with E-state index >= 15 is 0 Å². The number of piperidine rings is 1. The number of aromatic amines is 1. The first-order chi connectivity index (χ1) is 17.3. The number of benzene rings is 1. The summed E-state index contributed by atoms with van der Waals surface area (Å²) < 4.78 is 18.1. The predicted molar refractivity (Wildman–Crippen MR) is 131 cm³/mol. The van der Waals surface area contributed by atoms with Gasteiger partial charge < -0.3 is 19.2 Å². The van der Waals surface area contributed by atoms with Crippen molar-refractivity contribution in [2.45, 2.75) is 58.5 Å². The number of nitrogens with one attached hydrogen (secondary N) is 1. The van der Waals surface area contributed by atoms with Gasteiger partial charge in [-0.3, -0.25) is 14.5 Å². The van der Waals surface area contributed by atoms with Crippen molar-refractivity contribution in [1.82, 2.24) is 30.1 Å². The second-order valence-corrected chi connectivity index (χ2v) is 9.93. The molecule has 0 spiro atoms. The Hall–Kier alpha value is -3.47. The van der Waals surface area contributed by atoms with Crippen molar-refractivity contribution in [2.24, 2.45) is 5.92 Å². The van der Waals surface area contributed by atoms with Crippen LogP contribution in [0.3, 0.4) is 0 Å². The van der Waals surface area contributed by atoms with Crippen LogP contribution in [-0.2, 0) is 15.1 Å². The molecule has 0 aliphatic carbocycles. The first-order valence-electron chi connectivity index (χ1n) is 12.5. The summed E-state index contributed by atoms with van der Waals surface area (Å²) in [5, 5.41) is 13.6. The van der Waals surface area contributed by atoms with Gasteiger partial charge in [-0.15, -0.1) is 5.10 Å². The van der Waals surface area contributed by atoms with Crippen LogP contribution in [0.15, 0.2) is 23.0 Å². The Balaban J connectivity index is 1.58. The molecule has 1 N–H and O–H groups in total. The Morgan fingerprint density at radius 3 is 2.61 bits per heavy atom. The average Bonchev–Trinajstić information content (AvgIpc) is 3.54. The lowest BCUT2D eigenvalue weighted by Crippen LogP contribution is -2.43. The Morgan fingerprint density at radius 2 is 1.92 bits per heavy atom. The van der Waals surface area contributed by atoms with Gasteiger partial charge in [0.15, 0.2) is 17.3 Å². The Kier molecular flexibility index (Phi) is 6.42. The number of H-pyrrole nitrogens is 1. The number of esters is 1. The summed E-state index contributed by atoms with van der Waals surface area (Å²) in [5.74, 6) is 1.54. The fraction of sp³-hybridized carbons (Fsp3) is 0.560. The molecule has 192 valence electrons. The number of hydrogen-bond acceptors (Lipinski definition) is 9. The van der Waals surface area contributed by atoms with E-state index < -0.39 is 6.04 Å². The molecule has 2 aliphatic heterocycles. The number of carbonyl (C=O) groups excluding carboxylic acids is 1. The number of fused-ring (bicyclic) bond motifs is 2. The first kappa shape index (κ1) is 24.2. The number of ether oxygens (including phenoxy) is 3. The van der Waals surface area contributed by atoms with E-state index in [1.165, 1.54) is 0 Å². The maximum atomic E-state index is 13.5. The first-order valence-corrected chi connectivity index (χ1v) is 12.5. The third-order valence-electron chi connectivity index (χ3n) is 7.35. The molecule has 1 atom stereocenters. The molecule has 11 heteroatoms. The molecule has 1 saturated heterocycles. The van der Waals surface area contributed by atoms with Crippen LogP contribution in [0.2, 0.25) is 0 Å². The summed E-state index contributed by atoms with van der Waals surface area (Å²) in [5.41, 5.74) is 0.638. The number of hydrogen-bond donors (Lipinski definition) is 1. The highest BCUT2D eigenvalue weighted by atomic mass is 16.7. The molecule has 5 rings (SSSR count). The van der Waals surface area contributed by atoms with Crippen LogP contribution >= 0.6 is 0 Å². The van der Waals surface area contributed by atoms with Crippen molar-refractivity contribution >= 4 is 16.9 Å². The number of tetrazole rings is 1. The number of likely N-dealkylation sites (tertiary alicyclic amines) is 1. The molecular weight excluding hydrogens is 464 g/mol. The van der Waals surface area contributed by atoms with Crippen molar-refractivity contribution in [3.63, 3.8) is 0 Å². The minimum atomic E-state index is -0.493. The van der Waals surface area contributed by atoms with Gasteiger partial charge in [-0.25, -0.2) is 4.68 Å². The third kappa shape index (κ3) is 4.32. The molecular formula is C25H32N6O5. The van der Waals surface area contributed by atoms with Crippen molar-refractivity contribution in [2.75, 3.05) is 26.5 Å². The molecule has 0 bridgehead atoms. The lowest BCUT2D eigenvalue weighted by molar-refractivity contribution is -0.149. The molecule has 1 aromatic carbocycles. The molecule has 4 heterocycles. The third-order valence-corrected chi connectivity index (χ3v) is 7.35. The van der Waals surface area contributed by atoms with Gasteiger partial charge in [0.2, 0.25) is 6.79 Å². The van der Waals surface area contributed by atoms with E-state index in [-0.39, 0.29) is 29.8 Å². The van der Waals surface area contributed by atoms with Crippen molar-refractivity contribution in [3.8, 4) is 11.5 Å². The highest BCUT2D eigenvalue weighted by Crippen LogP contribution is 2.37. The van der Waals surface area contributed by atoms with E-state index in [4.69, 9.17) is 14.2 Å². The molecule has 0 radical (unpaired) electrons. The highest BCUT2D eigenvalue weighted by molar-refractivity contribution is 5.83. The molecule has 0 saturated carbocycles. The quantitative estimate of drug-likeness (QED) is 0.492. The van der Waals surface area contributed by atoms with Crippen molar-refractivity contribution in [1.29, 1.82) is 0 Å². The van der Waals surface area contributed by atoms with E-state index in [9.17, 15) is 9.59 Å². The predicted octanol–water partition coefficient (Wildman–Crippen LogP) is 2.75. The van der Waals surface area contributed by atoms with Gasteiger partial charge in [-0.05, 0) is 62.6 Å². The minimum absolute atomic E-state index is 0.153. The average molecular weight is 497 g/mol. The largest absolute Gasteiger partial charge is 0.466 e. The van der Waals surface area contributed by atoms with Crippen LogP contribution in [-0.4, -0.2) is 62.5 Å². The zero-order chi connectivity index (χ0) is 25.4. The van der Waals surface area contributed by atoms with Gasteiger partial charge >= 0.3 is 5.97 Å². The second-order valence-electron chi connectivity index (χ2n) is 9.93. The maximum absolute atomic E-state index is 13.5. The van der Waals surface area contributed by atoms with Crippen molar-refractivity contribution in [3.05, 3.63) is 39.9 Å². The number of nitrogens with zero attached hydrogens (tertiary/aromatic N) is 5. The summed E-state index contributed by atoms with van der Waals surface area (Å²) in [6.45, 7) is 9.77. The fourth-order valence-corrected chi connectivity index (χ4v) is 4.91. The van der Waals surface area contributed by atoms with Crippen LogP contribution < -0.4 is 15.0 Å². The summed E-state index contributed by atoms with van der Waals surface area (Å²) in [6.07, 6.45) is 2.08. The molecule has 3 aromatic rings. The summed E-state index contributed by atoms with van der Waals surface area (Å²) in [4.78, 5) is 31.0. The minimum Gasteiger partial charge on any atom is -0.466 e. The zero-order valence-electron chi connectivity index (χ0n) is 21.1. The number of carbonyl (C=O) groups is 1. The zero-order valence-corrected chi connectivity index (χ0v) is 21.1. The lowest BCUT2D eigenvalue weighted by atomic mass is 9.93. The van der Waals surface area contributed by atoms with Gasteiger partial charge in [0.05, 0.1) is 23.6 Å². The van der Waals surface area contributed by atoms with Crippen LogP contribution in [0.1, 0.15) is 64.4 Å². The topological polar surface area (TPSA) is 124 Å². The van der Waals surface area contributed by atoms with E-state index in [0.717, 1.165) is 11.8 Å². The Morgan fingerprint density at radius 1 is 1.19 bits per heavy atom. The van der Waals surface area contributed by atoms with E-state index in [2.05, 4.69) is 46.2 Å². The Bertz CT molecular complexity index is 1320. The summed E-state index contributed by atoms with van der Waals surface area (Å²) in [7, 11) is 0. The second kappa shape index (κ2) is 9.53. The van der Waals surface area contributed by atoms with E-state index in [1.54, 1.807) is 6.07 Å². The monoisotopic (exact) mass is 496 g/mol. The number of aromatic nitrogens is 5. The standard InChI is InChI=1S/C25H32N6O5/c1-5-25(3,4)31-22(27-28-29-31)21(30-9-7-15(8-10-30)24(33)34-6-2)17-11-16-12-19-20(36-14-35-19)13-18(16)26-23(17)32/h11-13,15,21H,5-10,14H2,1-4H3,(H,26,32)/t21-/m1/s1. The number of rotatable bonds is 7. The van der Waals surface area contributed by atoms with Gasteiger partial charge in [0.25, 0.3) is 5.56 Å². The molecule has 1 fully saturated rings. The van der Waals surface area contributed by atoms with E-state index in [1.807, 2.05) is 23.7 Å². The van der Waals surface area contributed by atoms with Gasteiger partial charge in [-0.2, -0.15) is 0 Å². The van der Waals surface area contributed by atoms with Gasteiger partial charge in [-0.1, -0.05) is 6.92 Å².